The smallest absolute Gasteiger partial charge is 0.231 e. The SMILES string of the molecule is Cn1nccc1CNCc1ccc2c(c1)OCO2. The molecule has 0 unspecified atom stereocenters. The number of hydrogen-bond acceptors (Lipinski definition) is 4. The topological polar surface area (TPSA) is 48.3 Å². The second-order valence-corrected chi connectivity index (χ2v) is 4.24. The minimum Gasteiger partial charge on any atom is -0.454 e. The van der Waals surface area contributed by atoms with Crippen LogP contribution in [0.2, 0.25) is 0 Å². The van der Waals surface area contributed by atoms with Gasteiger partial charge in [-0.25, -0.2) is 0 Å². The zero-order valence-corrected chi connectivity index (χ0v) is 10.2. The number of aryl methyl sites for hydroxylation is 1. The number of nitrogens with one attached hydrogen (secondary N) is 1. The van der Waals surface area contributed by atoms with E-state index in [1.54, 1.807) is 6.20 Å². The van der Waals surface area contributed by atoms with Crippen molar-refractivity contribution in [3.05, 3.63) is 41.7 Å². The van der Waals surface area contributed by atoms with E-state index in [-0.39, 0.29) is 0 Å². The first kappa shape index (κ1) is 11.1. The molecule has 18 heavy (non-hydrogen) atoms. The van der Waals surface area contributed by atoms with Crippen molar-refractivity contribution in [2.75, 3.05) is 6.79 Å². The van der Waals surface area contributed by atoms with Crippen LogP contribution < -0.4 is 14.8 Å². The monoisotopic (exact) mass is 245 g/mol. The molecule has 1 aromatic carbocycles. The molecule has 0 amide bonds. The fourth-order valence-corrected chi connectivity index (χ4v) is 1.96. The minimum atomic E-state index is 0.321. The van der Waals surface area contributed by atoms with Gasteiger partial charge >= 0.3 is 0 Å². The second-order valence-electron chi connectivity index (χ2n) is 4.24. The standard InChI is InChI=1S/C13H15N3O2/c1-16-11(4-5-15-16)8-14-7-10-2-3-12-13(6-10)18-9-17-12/h2-6,14H,7-9H2,1H3. The predicted molar refractivity (Wildman–Crippen MR) is 66.3 cm³/mol. The van der Waals surface area contributed by atoms with Gasteiger partial charge in [0, 0.05) is 26.3 Å². The lowest BCUT2D eigenvalue weighted by molar-refractivity contribution is 0.174. The van der Waals surface area contributed by atoms with Gasteiger partial charge in [0.15, 0.2) is 11.5 Å². The third-order valence-electron chi connectivity index (χ3n) is 2.99. The molecule has 2 aromatic rings. The molecule has 1 N–H and O–H groups in total. The summed E-state index contributed by atoms with van der Waals surface area (Å²) in [5.74, 6) is 1.65. The highest BCUT2D eigenvalue weighted by Crippen LogP contribution is 2.32. The van der Waals surface area contributed by atoms with Gasteiger partial charge < -0.3 is 14.8 Å². The fourth-order valence-electron chi connectivity index (χ4n) is 1.96. The summed E-state index contributed by atoms with van der Waals surface area (Å²) in [6, 6.07) is 8.01. The van der Waals surface area contributed by atoms with Crippen LogP contribution in [0.25, 0.3) is 0 Å². The van der Waals surface area contributed by atoms with Crippen LogP contribution >= 0.6 is 0 Å². The van der Waals surface area contributed by atoms with E-state index in [4.69, 9.17) is 9.47 Å². The Labute approximate surface area is 105 Å². The highest BCUT2D eigenvalue weighted by atomic mass is 16.7. The zero-order valence-electron chi connectivity index (χ0n) is 10.2. The van der Waals surface area contributed by atoms with Gasteiger partial charge in [0.1, 0.15) is 0 Å². The van der Waals surface area contributed by atoms with Gasteiger partial charge in [0.05, 0.1) is 5.69 Å². The molecule has 0 fully saturated rings. The maximum atomic E-state index is 5.35. The van der Waals surface area contributed by atoms with Crippen LogP contribution in [0, 0.1) is 0 Å². The summed E-state index contributed by atoms with van der Waals surface area (Å²) in [5, 5.41) is 7.51. The van der Waals surface area contributed by atoms with Gasteiger partial charge in [-0.05, 0) is 23.8 Å². The number of nitrogens with zero attached hydrogens (tertiary/aromatic N) is 2. The molecule has 5 heteroatoms. The van der Waals surface area contributed by atoms with Crippen LogP contribution in [0.4, 0.5) is 0 Å². The molecule has 0 atom stereocenters. The summed E-state index contributed by atoms with van der Waals surface area (Å²) in [5.41, 5.74) is 2.34. The average Bonchev–Trinajstić information content (AvgIpc) is 2.98. The first-order valence-electron chi connectivity index (χ1n) is 5.89. The minimum absolute atomic E-state index is 0.321. The maximum Gasteiger partial charge on any atom is 0.231 e. The van der Waals surface area contributed by atoms with Crippen LogP contribution in [0.5, 0.6) is 11.5 Å². The Morgan fingerprint density at radius 3 is 2.94 bits per heavy atom. The normalized spacial score (nSPS) is 12.9. The van der Waals surface area contributed by atoms with Crippen LogP contribution in [0.15, 0.2) is 30.5 Å². The van der Waals surface area contributed by atoms with Crippen molar-refractivity contribution in [3.63, 3.8) is 0 Å². The predicted octanol–water partition coefficient (Wildman–Crippen LogP) is 1.44. The van der Waals surface area contributed by atoms with E-state index in [1.807, 2.05) is 36.0 Å². The van der Waals surface area contributed by atoms with E-state index in [9.17, 15) is 0 Å². The first-order valence-corrected chi connectivity index (χ1v) is 5.89. The van der Waals surface area contributed by atoms with Crippen LogP contribution in [0.1, 0.15) is 11.3 Å². The molecule has 0 radical (unpaired) electrons. The van der Waals surface area contributed by atoms with Gasteiger partial charge in [-0.15, -0.1) is 0 Å². The van der Waals surface area contributed by atoms with Crippen molar-refractivity contribution in [2.45, 2.75) is 13.1 Å². The lowest BCUT2D eigenvalue weighted by Crippen LogP contribution is -2.15. The van der Waals surface area contributed by atoms with E-state index in [0.717, 1.165) is 30.3 Å². The summed E-state index contributed by atoms with van der Waals surface area (Å²) in [4.78, 5) is 0. The molecular formula is C13H15N3O2. The third kappa shape index (κ3) is 2.17. The number of aromatic nitrogens is 2. The highest BCUT2D eigenvalue weighted by molar-refractivity contribution is 5.44. The molecule has 3 rings (SSSR count). The van der Waals surface area contributed by atoms with E-state index in [2.05, 4.69) is 10.4 Å². The number of hydrogen-bond donors (Lipinski definition) is 1. The van der Waals surface area contributed by atoms with Gasteiger partial charge in [0.2, 0.25) is 6.79 Å². The largest absolute Gasteiger partial charge is 0.454 e. The summed E-state index contributed by atoms with van der Waals surface area (Å²) in [7, 11) is 1.94. The zero-order chi connectivity index (χ0) is 12.4. The molecule has 0 aliphatic carbocycles. The van der Waals surface area contributed by atoms with Crippen molar-refractivity contribution in [3.8, 4) is 11.5 Å². The summed E-state index contributed by atoms with van der Waals surface area (Å²) in [6.07, 6.45) is 1.80. The second kappa shape index (κ2) is 4.70. The molecule has 0 spiro atoms. The van der Waals surface area contributed by atoms with Crippen molar-refractivity contribution in [1.82, 2.24) is 15.1 Å². The van der Waals surface area contributed by atoms with Crippen molar-refractivity contribution >= 4 is 0 Å². The third-order valence-corrected chi connectivity index (χ3v) is 2.99. The van der Waals surface area contributed by atoms with Gasteiger partial charge in [-0.2, -0.15) is 5.10 Å². The molecule has 0 bridgehead atoms. The lowest BCUT2D eigenvalue weighted by Gasteiger charge is -2.06. The van der Waals surface area contributed by atoms with Gasteiger partial charge in [-0.1, -0.05) is 6.07 Å². The van der Waals surface area contributed by atoms with Crippen LogP contribution in [-0.4, -0.2) is 16.6 Å². The van der Waals surface area contributed by atoms with Gasteiger partial charge in [0.25, 0.3) is 0 Å². The summed E-state index contributed by atoms with van der Waals surface area (Å²) in [6.45, 7) is 1.91. The van der Waals surface area contributed by atoms with E-state index >= 15 is 0 Å². The Hall–Kier alpha value is -2.01. The molecule has 0 saturated carbocycles. The Kier molecular flexibility index (Phi) is 2.90. The van der Waals surface area contributed by atoms with E-state index < -0.39 is 0 Å². The number of fused-ring (bicyclic) bond motifs is 1. The molecule has 2 heterocycles. The first-order chi connectivity index (χ1) is 8.83. The molecule has 94 valence electrons. The van der Waals surface area contributed by atoms with Crippen molar-refractivity contribution in [2.24, 2.45) is 7.05 Å². The molecule has 1 aliphatic rings. The Morgan fingerprint density at radius 2 is 2.11 bits per heavy atom. The fraction of sp³-hybridized carbons (Fsp3) is 0.308. The Bertz CT molecular complexity index is 551. The van der Waals surface area contributed by atoms with Gasteiger partial charge in [-0.3, -0.25) is 4.68 Å². The van der Waals surface area contributed by atoms with Crippen LogP contribution in [-0.2, 0) is 20.1 Å². The summed E-state index contributed by atoms with van der Waals surface area (Å²) < 4.78 is 12.5. The van der Waals surface area contributed by atoms with Crippen molar-refractivity contribution in [1.29, 1.82) is 0 Å². The highest BCUT2D eigenvalue weighted by Gasteiger charge is 2.12. The van der Waals surface area contributed by atoms with Crippen molar-refractivity contribution < 1.29 is 9.47 Å². The van der Waals surface area contributed by atoms with Crippen LogP contribution in [0.3, 0.4) is 0 Å². The molecule has 0 saturated heterocycles. The van der Waals surface area contributed by atoms with E-state index in [0.29, 0.717) is 6.79 Å². The Morgan fingerprint density at radius 1 is 1.22 bits per heavy atom. The molecule has 5 nitrogen and oxygen atoms in total. The number of rotatable bonds is 4. The molecule has 1 aromatic heterocycles. The molecular weight excluding hydrogens is 230 g/mol. The molecule has 1 aliphatic heterocycles. The average molecular weight is 245 g/mol. The van der Waals surface area contributed by atoms with E-state index in [1.165, 1.54) is 5.56 Å². The number of benzene rings is 1. The Balaban J connectivity index is 1.59. The maximum absolute atomic E-state index is 5.35. The number of ether oxygens (including phenoxy) is 2. The lowest BCUT2D eigenvalue weighted by atomic mass is 10.2. The summed E-state index contributed by atoms with van der Waals surface area (Å²) >= 11 is 0. The quantitative estimate of drug-likeness (QED) is 0.885.